The molecule has 0 saturated heterocycles. The van der Waals surface area contributed by atoms with Crippen LogP contribution in [0.25, 0.3) is 17.2 Å². The largest absolute Gasteiger partial charge is 0.0683 e. The van der Waals surface area contributed by atoms with Crippen molar-refractivity contribution in [2.24, 2.45) is 0 Å². The molecule has 0 nitrogen and oxygen atoms in total. The van der Waals surface area contributed by atoms with Crippen molar-refractivity contribution >= 4 is 17.2 Å². The molecular formula is C41H58. The maximum Gasteiger partial charge on any atom is 0.00730 e. The number of benzene rings is 3. The second-order valence-corrected chi connectivity index (χ2v) is 13.6. The van der Waals surface area contributed by atoms with Gasteiger partial charge < -0.3 is 0 Å². The van der Waals surface area contributed by atoms with Gasteiger partial charge in [-0.15, -0.1) is 0 Å². The lowest BCUT2D eigenvalue weighted by atomic mass is 9.78. The Morgan fingerprint density at radius 3 is 1.56 bits per heavy atom. The summed E-state index contributed by atoms with van der Waals surface area (Å²) in [6.07, 6.45) is 3.63. The van der Waals surface area contributed by atoms with Crippen molar-refractivity contribution in [2.75, 3.05) is 0 Å². The van der Waals surface area contributed by atoms with Gasteiger partial charge >= 0.3 is 0 Å². The third-order valence-electron chi connectivity index (χ3n) is 8.31. The molecule has 0 fully saturated rings. The van der Waals surface area contributed by atoms with Crippen LogP contribution in [0.2, 0.25) is 0 Å². The minimum Gasteiger partial charge on any atom is -0.0683 e. The van der Waals surface area contributed by atoms with Crippen molar-refractivity contribution in [3.63, 3.8) is 0 Å². The Kier molecular flexibility index (Phi) is 12.0. The molecule has 0 amide bonds. The Labute approximate surface area is 254 Å². The summed E-state index contributed by atoms with van der Waals surface area (Å²) in [5.41, 5.74) is 14.8. The molecule has 2 aliphatic rings. The van der Waals surface area contributed by atoms with Crippen LogP contribution in [0.3, 0.4) is 0 Å². The Morgan fingerprint density at radius 2 is 1.10 bits per heavy atom. The van der Waals surface area contributed by atoms with Gasteiger partial charge in [0.1, 0.15) is 0 Å². The molecule has 2 unspecified atom stereocenters. The Hall–Kier alpha value is -2.86. The van der Waals surface area contributed by atoms with Gasteiger partial charge in [-0.1, -0.05) is 168 Å². The quantitative estimate of drug-likeness (QED) is 0.283. The molecule has 5 rings (SSSR count). The predicted molar refractivity (Wildman–Crippen MR) is 187 cm³/mol. The van der Waals surface area contributed by atoms with Crippen LogP contribution < -0.4 is 0 Å². The lowest BCUT2D eigenvalue weighted by Crippen LogP contribution is -2.17. The first kappa shape index (κ1) is 34.3. The van der Waals surface area contributed by atoms with Crippen LogP contribution in [0.4, 0.5) is 0 Å². The highest BCUT2D eigenvalue weighted by molar-refractivity contribution is 5.91. The lowest BCUT2D eigenvalue weighted by molar-refractivity contribution is 0.568. The van der Waals surface area contributed by atoms with E-state index in [9.17, 15) is 0 Å². The Morgan fingerprint density at radius 1 is 0.634 bits per heavy atom. The first-order chi connectivity index (χ1) is 19.2. The third kappa shape index (κ3) is 8.12. The van der Waals surface area contributed by atoms with Crippen LogP contribution in [0.15, 0.2) is 72.3 Å². The maximum absolute atomic E-state index is 2.41. The molecule has 0 aliphatic heterocycles. The van der Waals surface area contributed by atoms with Crippen LogP contribution in [0, 0.1) is 0 Å². The maximum atomic E-state index is 2.41. The van der Waals surface area contributed by atoms with Gasteiger partial charge in [0, 0.05) is 11.8 Å². The predicted octanol–water partition coefficient (Wildman–Crippen LogP) is 13.0. The van der Waals surface area contributed by atoms with E-state index in [-0.39, 0.29) is 10.8 Å². The first-order valence-electron chi connectivity index (χ1n) is 15.9. The molecule has 222 valence electrons. The molecule has 3 aromatic carbocycles. The van der Waals surface area contributed by atoms with Crippen molar-refractivity contribution in [3.8, 4) is 0 Å². The Bertz CT molecular complexity index is 1320. The van der Waals surface area contributed by atoms with Crippen molar-refractivity contribution in [1.82, 2.24) is 0 Å². The normalized spacial score (nSPS) is 17.2. The van der Waals surface area contributed by atoms with Gasteiger partial charge in [-0.25, -0.2) is 0 Å². The number of allylic oxidation sites excluding steroid dienone is 3. The van der Waals surface area contributed by atoms with Crippen molar-refractivity contribution < 1.29 is 0 Å². The van der Waals surface area contributed by atoms with E-state index < -0.39 is 0 Å². The van der Waals surface area contributed by atoms with Crippen LogP contribution in [0.1, 0.15) is 154 Å². The molecule has 0 N–H and O–H groups in total. The van der Waals surface area contributed by atoms with Crippen LogP contribution >= 0.6 is 0 Å². The zero-order valence-corrected chi connectivity index (χ0v) is 28.8. The van der Waals surface area contributed by atoms with Crippen LogP contribution in [-0.2, 0) is 10.8 Å². The molecular weight excluding hydrogens is 492 g/mol. The third-order valence-corrected chi connectivity index (χ3v) is 8.31. The summed E-state index contributed by atoms with van der Waals surface area (Å²) in [6.45, 7) is 31.2. The van der Waals surface area contributed by atoms with Gasteiger partial charge in [0.2, 0.25) is 0 Å². The zero-order chi connectivity index (χ0) is 31.1. The van der Waals surface area contributed by atoms with E-state index in [4.69, 9.17) is 0 Å². The first-order valence-corrected chi connectivity index (χ1v) is 15.9. The van der Waals surface area contributed by atoms with Gasteiger partial charge in [0.15, 0.2) is 0 Å². The van der Waals surface area contributed by atoms with Crippen molar-refractivity contribution in [3.05, 3.63) is 111 Å². The van der Waals surface area contributed by atoms with Gasteiger partial charge in [0.05, 0.1) is 0 Å². The SMILES string of the molecule is CC.CC1=C(C)C(C)c2ccccc21.CC1C(c2cc(C(C)(C)C)cc(C(C)(C)C)c2)=Cc2ccccc21.CCC. The minimum absolute atomic E-state index is 0.158. The molecule has 3 aromatic rings. The van der Waals surface area contributed by atoms with Crippen LogP contribution in [0.5, 0.6) is 0 Å². The summed E-state index contributed by atoms with van der Waals surface area (Å²) >= 11 is 0. The van der Waals surface area contributed by atoms with Crippen LogP contribution in [-0.4, -0.2) is 0 Å². The van der Waals surface area contributed by atoms with E-state index in [0.717, 1.165) is 0 Å². The lowest BCUT2D eigenvalue weighted by Gasteiger charge is -2.27. The van der Waals surface area contributed by atoms with Gasteiger partial charge in [0.25, 0.3) is 0 Å². The smallest absolute Gasteiger partial charge is 0.00730 e. The van der Waals surface area contributed by atoms with E-state index >= 15 is 0 Å². The van der Waals surface area contributed by atoms with E-state index in [2.05, 4.69) is 156 Å². The molecule has 0 heterocycles. The highest BCUT2D eigenvalue weighted by Gasteiger charge is 2.26. The van der Waals surface area contributed by atoms with E-state index in [1.165, 1.54) is 62.1 Å². The average molecular weight is 551 g/mol. The summed E-state index contributed by atoms with van der Waals surface area (Å²) in [4.78, 5) is 0. The molecule has 2 aliphatic carbocycles. The fraction of sp³-hybridized carbons (Fsp3) is 0.463. The molecule has 0 radical (unpaired) electrons. The molecule has 0 aromatic heterocycles. The second-order valence-electron chi connectivity index (χ2n) is 13.6. The number of hydrogen-bond acceptors (Lipinski definition) is 0. The average Bonchev–Trinajstić information content (AvgIpc) is 3.39. The molecule has 0 saturated carbocycles. The molecule has 2 atom stereocenters. The molecule has 0 spiro atoms. The van der Waals surface area contributed by atoms with E-state index in [1.54, 1.807) is 0 Å². The van der Waals surface area contributed by atoms with Gasteiger partial charge in [-0.05, 0) is 74.8 Å². The molecule has 0 bridgehead atoms. The molecule has 41 heavy (non-hydrogen) atoms. The van der Waals surface area contributed by atoms with Crippen molar-refractivity contribution in [1.29, 1.82) is 0 Å². The Balaban J connectivity index is 0.000000288. The van der Waals surface area contributed by atoms with Gasteiger partial charge in [-0.3, -0.25) is 0 Å². The highest BCUT2D eigenvalue weighted by atomic mass is 14.3. The monoisotopic (exact) mass is 550 g/mol. The number of rotatable bonds is 1. The van der Waals surface area contributed by atoms with Crippen molar-refractivity contribution in [2.45, 2.75) is 126 Å². The van der Waals surface area contributed by atoms with Gasteiger partial charge in [-0.2, -0.15) is 0 Å². The highest BCUT2D eigenvalue weighted by Crippen LogP contribution is 2.43. The number of hydrogen-bond donors (Lipinski definition) is 0. The van der Waals surface area contributed by atoms with E-state index in [1.807, 2.05) is 13.8 Å². The fourth-order valence-corrected chi connectivity index (χ4v) is 5.48. The summed E-state index contributed by atoms with van der Waals surface area (Å²) < 4.78 is 0. The standard InChI is InChI=1S/C24H30.C12H14.C3H8.C2H6/c1-16-21-11-9-8-10-17(21)14-22(16)18-12-19(23(2,3)4)15-20(13-18)24(5,6)7;1-8-9(2)11-6-4-5-7-12(11)10(8)3;1-3-2;1-2/h8-16H,1-7H3;4-7,9H,1-3H3;3H2,1-2H3;1-2H3. The summed E-state index contributed by atoms with van der Waals surface area (Å²) in [5, 5.41) is 0. The topological polar surface area (TPSA) is 0 Å². The summed E-state index contributed by atoms with van der Waals surface area (Å²) in [5.74, 6) is 1.09. The fourth-order valence-electron chi connectivity index (χ4n) is 5.48. The van der Waals surface area contributed by atoms with E-state index in [0.29, 0.717) is 11.8 Å². The minimum atomic E-state index is 0.158. The molecule has 0 heteroatoms. The second kappa shape index (κ2) is 14.4. The summed E-state index contributed by atoms with van der Waals surface area (Å²) in [6, 6.07) is 24.7. The summed E-state index contributed by atoms with van der Waals surface area (Å²) in [7, 11) is 0. The number of fused-ring (bicyclic) bond motifs is 2. The zero-order valence-electron chi connectivity index (χ0n) is 28.8.